The number of H-pyrrole nitrogens is 1. The van der Waals surface area contributed by atoms with Crippen LogP contribution in [-0.2, 0) is 16.9 Å². The highest BCUT2D eigenvalue weighted by Gasteiger charge is 2.66. The number of nitrogens with zero attached hydrogens (tertiary/aromatic N) is 1. The zero-order chi connectivity index (χ0) is 17.0. The number of hydrogen-bond donors (Lipinski definition) is 3. The topological polar surface area (TPSA) is 117 Å². The average Bonchev–Trinajstić information content (AvgIpc) is 3.02. The second-order valence-electron chi connectivity index (χ2n) is 4.81. The van der Waals surface area contributed by atoms with Gasteiger partial charge < -0.3 is 14.8 Å². The lowest BCUT2D eigenvalue weighted by molar-refractivity contribution is -0.252. The van der Waals surface area contributed by atoms with Gasteiger partial charge in [0.25, 0.3) is 17.1 Å². The van der Waals surface area contributed by atoms with Gasteiger partial charge in [0.2, 0.25) is 0 Å². The van der Waals surface area contributed by atoms with E-state index < -0.39 is 40.3 Å². The quantitative estimate of drug-likeness (QED) is 0.709. The molecule has 1 aliphatic heterocycles. The highest BCUT2D eigenvalue weighted by Crippen LogP contribution is 2.44. The SMILES string of the molecule is O=C1Nc2c(c(=O)[nH]c(=O)n2Cc2ccco2)[C@]1(O)C(F)(F)F. The number of furan rings is 1. The Bertz CT molecular complexity index is 896. The monoisotopic (exact) mass is 331 g/mol. The maximum absolute atomic E-state index is 13.1. The molecule has 0 fully saturated rings. The molecular weight excluding hydrogens is 323 g/mol. The van der Waals surface area contributed by atoms with Crippen LogP contribution < -0.4 is 16.6 Å². The largest absolute Gasteiger partial charge is 0.467 e. The Morgan fingerprint density at radius 3 is 2.57 bits per heavy atom. The molecule has 23 heavy (non-hydrogen) atoms. The van der Waals surface area contributed by atoms with Gasteiger partial charge in [0.1, 0.15) is 17.1 Å². The van der Waals surface area contributed by atoms with Crippen LogP contribution in [0.15, 0.2) is 32.4 Å². The first-order chi connectivity index (χ1) is 10.7. The Balaban J connectivity index is 2.27. The number of rotatable bonds is 2. The van der Waals surface area contributed by atoms with Crippen LogP contribution in [0, 0.1) is 0 Å². The Labute approximate surface area is 124 Å². The molecule has 0 spiro atoms. The minimum Gasteiger partial charge on any atom is -0.467 e. The Kier molecular flexibility index (Phi) is 3.01. The number of hydrogen-bond acceptors (Lipinski definition) is 5. The van der Waals surface area contributed by atoms with Gasteiger partial charge in [0.15, 0.2) is 0 Å². The number of amides is 1. The van der Waals surface area contributed by atoms with Gasteiger partial charge in [-0.15, -0.1) is 0 Å². The van der Waals surface area contributed by atoms with Crippen molar-refractivity contribution in [3.63, 3.8) is 0 Å². The smallest absolute Gasteiger partial charge is 0.431 e. The molecule has 0 bridgehead atoms. The summed E-state index contributed by atoms with van der Waals surface area (Å²) >= 11 is 0. The van der Waals surface area contributed by atoms with Crippen molar-refractivity contribution in [3.8, 4) is 0 Å². The lowest BCUT2D eigenvalue weighted by atomic mass is 9.97. The van der Waals surface area contributed by atoms with Crippen molar-refractivity contribution in [3.05, 3.63) is 50.6 Å². The Morgan fingerprint density at radius 2 is 2.00 bits per heavy atom. The van der Waals surface area contributed by atoms with Crippen molar-refractivity contribution < 1.29 is 27.5 Å². The number of fused-ring (bicyclic) bond motifs is 1. The Morgan fingerprint density at radius 1 is 1.30 bits per heavy atom. The molecule has 0 aromatic carbocycles. The second-order valence-corrected chi connectivity index (χ2v) is 4.81. The highest BCUT2D eigenvalue weighted by atomic mass is 19.4. The molecule has 122 valence electrons. The third-order valence-corrected chi connectivity index (χ3v) is 3.43. The van der Waals surface area contributed by atoms with E-state index in [1.54, 1.807) is 10.3 Å². The maximum Gasteiger partial charge on any atom is 0.431 e. The number of alkyl halides is 3. The number of halogens is 3. The molecule has 0 saturated carbocycles. The summed E-state index contributed by atoms with van der Waals surface area (Å²) in [6.07, 6.45) is -4.17. The standard InChI is InChI=1S/C12H8F3N3O5/c13-12(14,15)11(22)6-7(16-9(11)20)18(10(21)17-8(6)19)4-5-2-1-3-23-5/h1-3,22H,4H2,(H,16,20)(H,17,19,21)/t11-/m1/s1. The average molecular weight is 331 g/mol. The molecule has 2 aromatic heterocycles. The molecule has 3 rings (SSSR count). The number of anilines is 1. The lowest BCUT2D eigenvalue weighted by Crippen LogP contribution is -2.50. The fraction of sp³-hybridized carbons (Fsp3) is 0.250. The summed E-state index contributed by atoms with van der Waals surface area (Å²) in [4.78, 5) is 36.9. The minimum atomic E-state index is -5.44. The van der Waals surface area contributed by atoms with E-state index >= 15 is 0 Å². The molecule has 3 heterocycles. The summed E-state index contributed by atoms with van der Waals surface area (Å²) in [5, 5.41) is 11.5. The fourth-order valence-electron chi connectivity index (χ4n) is 2.33. The van der Waals surface area contributed by atoms with Crippen LogP contribution in [-0.4, -0.2) is 26.7 Å². The highest BCUT2D eigenvalue weighted by molar-refractivity contribution is 6.04. The summed E-state index contributed by atoms with van der Waals surface area (Å²) in [6, 6.07) is 2.92. The number of carbonyl (C=O) groups is 1. The van der Waals surface area contributed by atoms with Gasteiger partial charge in [-0.3, -0.25) is 19.1 Å². The zero-order valence-corrected chi connectivity index (χ0v) is 11.1. The molecule has 1 amide bonds. The molecule has 0 radical (unpaired) electrons. The van der Waals surface area contributed by atoms with Crippen LogP contribution in [0.25, 0.3) is 0 Å². The fourth-order valence-corrected chi connectivity index (χ4v) is 2.33. The van der Waals surface area contributed by atoms with E-state index in [1.165, 1.54) is 18.4 Å². The molecule has 8 nitrogen and oxygen atoms in total. The van der Waals surface area contributed by atoms with Gasteiger partial charge in [-0.05, 0) is 12.1 Å². The van der Waals surface area contributed by atoms with Crippen LogP contribution in [0.2, 0.25) is 0 Å². The van der Waals surface area contributed by atoms with Gasteiger partial charge in [-0.1, -0.05) is 0 Å². The van der Waals surface area contributed by atoms with Crippen LogP contribution in [0.1, 0.15) is 11.3 Å². The molecule has 1 atom stereocenters. The van der Waals surface area contributed by atoms with Gasteiger partial charge in [0.05, 0.1) is 12.8 Å². The van der Waals surface area contributed by atoms with Gasteiger partial charge in [-0.25, -0.2) is 4.79 Å². The summed E-state index contributed by atoms with van der Waals surface area (Å²) < 4.78 is 44.9. The summed E-state index contributed by atoms with van der Waals surface area (Å²) in [6.45, 7) is -0.348. The summed E-state index contributed by atoms with van der Waals surface area (Å²) in [5.74, 6) is -2.39. The van der Waals surface area contributed by atoms with E-state index in [0.717, 1.165) is 0 Å². The molecular formula is C12H8F3N3O5. The second kappa shape index (κ2) is 4.59. The maximum atomic E-state index is 13.1. The lowest BCUT2D eigenvalue weighted by Gasteiger charge is -2.22. The first-order valence-electron chi connectivity index (χ1n) is 6.17. The van der Waals surface area contributed by atoms with E-state index in [2.05, 4.69) is 0 Å². The van der Waals surface area contributed by atoms with Gasteiger partial charge >= 0.3 is 11.9 Å². The van der Waals surface area contributed by atoms with Crippen LogP contribution in [0.4, 0.5) is 19.0 Å². The third-order valence-electron chi connectivity index (χ3n) is 3.43. The van der Waals surface area contributed by atoms with Crippen LogP contribution in [0.5, 0.6) is 0 Å². The summed E-state index contributed by atoms with van der Waals surface area (Å²) in [5.41, 5.74) is -7.87. The molecule has 0 unspecified atom stereocenters. The minimum absolute atomic E-state index is 0.193. The number of aromatic amines is 1. The predicted molar refractivity (Wildman–Crippen MR) is 67.7 cm³/mol. The molecule has 0 aliphatic carbocycles. The number of aliphatic hydroxyl groups is 1. The summed E-state index contributed by atoms with van der Waals surface area (Å²) in [7, 11) is 0. The molecule has 0 saturated heterocycles. The predicted octanol–water partition coefficient (Wildman–Crippen LogP) is -0.120. The molecule has 2 aromatic rings. The van der Waals surface area contributed by atoms with Crippen molar-refractivity contribution in [2.75, 3.05) is 5.32 Å². The molecule has 1 aliphatic rings. The van der Waals surface area contributed by atoms with Crippen LogP contribution >= 0.6 is 0 Å². The number of aromatic nitrogens is 2. The first kappa shape index (κ1) is 15.1. The number of nitrogens with one attached hydrogen (secondary N) is 2. The van der Waals surface area contributed by atoms with Gasteiger partial charge in [-0.2, -0.15) is 13.2 Å². The van der Waals surface area contributed by atoms with E-state index in [1.807, 2.05) is 0 Å². The van der Waals surface area contributed by atoms with Crippen molar-refractivity contribution in [1.29, 1.82) is 0 Å². The van der Waals surface area contributed by atoms with E-state index in [4.69, 9.17) is 4.42 Å². The molecule has 3 N–H and O–H groups in total. The Hall–Kier alpha value is -2.82. The first-order valence-corrected chi connectivity index (χ1v) is 6.17. The van der Waals surface area contributed by atoms with E-state index in [0.29, 0.717) is 4.57 Å². The van der Waals surface area contributed by atoms with Crippen LogP contribution in [0.3, 0.4) is 0 Å². The van der Waals surface area contributed by atoms with Crippen molar-refractivity contribution in [1.82, 2.24) is 9.55 Å². The van der Waals surface area contributed by atoms with Crippen molar-refractivity contribution >= 4 is 11.7 Å². The van der Waals surface area contributed by atoms with E-state index in [9.17, 15) is 32.7 Å². The number of carbonyl (C=O) groups excluding carboxylic acids is 1. The molecule has 11 heteroatoms. The third kappa shape index (κ3) is 2.00. The van der Waals surface area contributed by atoms with E-state index in [-0.39, 0.29) is 12.3 Å². The zero-order valence-electron chi connectivity index (χ0n) is 11.1. The van der Waals surface area contributed by atoms with Crippen molar-refractivity contribution in [2.45, 2.75) is 18.3 Å². The van der Waals surface area contributed by atoms with Gasteiger partial charge in [0, 0.05) is 0 Å². The van der Waals surface area contributed by atoms with Crippen molar-refractivity contribution in [2.24, 2.45) is 0 Å². The normalized spacial score (nSPS) is 20.4.